The minimum absolute atomic E-state index is 0.0261. The van der Waals surface area contributed by atoms with Crippen molar-refractivity contribution in [1.29, 1.82) is 5.26 Å². The van der Waals surface area contributed by atoms with Crippen LogP contribution < -0.4 is 0 Å². The van der Waals surface area contributed by atoms with Crippen molar-refractivity contribution in [3.05, 3.63) is 23.8 Å². The van der Waals surface area contributed by atoms with Crippen LogP contribution in [0.1, 0.15) is 6.92 Å². The minimum Gasteiger partial charge on any atom is -0.229 e. The molecule has 1 atom stereocenters. The number of nitriles is 1. The van der Waals surface area contributed by atoms with E-state index in [0.717, 1.165) is 6.07 Å². The predicted molar refractivity (Wildman–Crippen MR) is 39.6 cm³/mol. The molecule has 0 fully saturated rings. The molecule has 0 aromatic carbocycles. The molecule has 0 aromatic rings. The monoisotopic (exact) mass is 229 g/mol. The first-order valence-corrected chi connectivity index (χ1v) is 3.51. The van der Waals surface area contributed by atoms with Gasteiger partial charge in [-0.2, -0.15) is 18.4 Å². The van der Waals surface area contributed by atoms with Crippen LogP contribution in [-0.4, -0.2) is 11.8 Å². The number of allylic oxidation sites excluding steroid dienone is 4. The molecule has 0 spiro atoms. The molecule has 0 saturated heterocycles. The summed E-state index contributed by atoms with van der Waals surface area (Å²) in [6, 6.07) is 1.05. The average molecular weight is 229 g/mol. The van der Waals surface area contributed by atoms with Gasteiger partial charge in [0.25, 0.3) is 0 Å². The molecular weight excluding hydrogens is 224 g/mol. The molecule has 84 valence electrons. The normalized spacial score (nSPS) is 18.3. The lowest BCUT2D eigenvalue weighted by molar-refractivity contribution is -0.205. The predicted octanol–water partition coefficient (Wildman–Crippen LogP) is 3.51. The van der Waals surface area contributed by atoms with Gasteiger partial charge in [0, 0.05) is 6.08 Å². The highest BCUT2D eigenvalue weighted by Gasteiger charge is 2.51. The van der Waals surface area contributed by atoms with Gasteiger partial charge >= 0.3 is 6.18 Å². The molecule has 0 rings (SSSR count). The summed E-state index contributed by atoms with van der Waals surface area (Å²) in [7, 11) is 0. The summed E-state index contributed by atoms with van der Waals surface area (Å²) in [5.41, 5.74) is -3.99. The van der Waals surface area contributed by atoms with Crippen LogP contribution in [0.5, 0.6) is 0 Å². The molecule has 0 aliphatic carbocycles. The third kappa shape index (κ3) is 3.65. The molecule has 0 saturated carbocycles. The Morgan fingerprint density at radius 3 is 1.93 bits per heavy atom. The molecule has 0 radical (unpaired) electrons. The summed E-state index contributed by atoms with van der Waals surface area (Å²) in [6.07, 6.45) is -5.90. The fourth-order valence-electron chi connectivity index (χ4n) is 0.514. The van der Waals surface area contributed by atoms with Crippen molar-refractivity contribution >= 4 is 0 Å². The molecule has 7 heteroatoms. The average Bonchev–Trinajstić information content (AvgIpc) is 2.01. The zero-order valence-corrected chi connectivity index (χ0v) is 7.37. The van der Waals surface area contributed by atoms with Gasteiger partial charge in [0.1, 0.15) is 0 Å². The van der Waals surface area contributed by atoms with E-state index in [1.807, 2.05) is 0 Å². The smallest absolute Gasteiger partial charge is 0.229 e. The second kappa shape index (κ2) is 4.38. The van der Waals surface area contributed by atoms with Crippen LogP contribution in [0.2, 0.25) is 0 Å². The Kier molecular flexibility index (Phi) is 3.96. The number of alkyl halides is 4. The van der Waals surface area contributed by atoms with Gasteiger partial charge < -0.3 is 0 Å². The van der Waals surface area contributed by atoms with Crippen molar-refractivity contribution in [3.63, 3.8) is 0 Å². The number of hydrogen-bond acceptors (Lipinski definition) is 1. The molecule has 0 aliphatic heterocycles. The summed E-state index contributed by atoms with van der Waals surface area (Å²) in [4.78, 5) is 0. The molecule has 0 aromatic heterocycles. The summed E-state index contributed by atoms with van der Waals surface area (Å²) < 4.78 is 73.2. The SMILES string of the molecule is CC(F)(/C=C(F)\C(F)=C\C#N)C(F)(F)F. The van der Waals surface area contributed by atoms with Gasteiger partial charge in [0.15, 0.2) is 11.7 Å². The van der Waals surface area contributed by atoms with E-state index in [1.54, 1.807) is 0 Å². The number of rotatable bonds is 2. The Labute approximate surface area is 81.3 Å². The standard InChI is InChI=1S/C8H5F6N/c1-7(11,8(12,13)14)4-6(10)5(9)2-3-15/h2,4H,1H3/b5-2-,6-4+. The third-order valence-corrected chi connectivity index (χ3v) is 1.37. The van der Waals surface area contributed by atoms with Gasteiger partial charge in [-0.3, -0.25) is 0 Å². The van der Waals surface area contributed by atoms with E-state index >= 15 is 0 Å². The molecule has 1 unspecified atom stereocenters. The van der Waals surface area contributed by atoms with Crippen LogP contribution in [0, 0.1) is 11.3 Å². The first-order valence-electron chi connectivity index (χ1n) is 3.51. The fourth-order valence-corrected chi connectivity index (χ4v) is 0.514. The van der Waals surface area contributed by atoms with E-state index in [-0.39, 0.29) is 13.0 Å². The van der Waals surface area contributed by atoms with E-state index in [1.165, 1.54) is 0 Å². The van der Waals surface area contributed by atoms with Gasteiger partial charge in [-0.25, -0.2) is 13.2 Å². The highest BCUT2D eigenvalue weighted by molar-refractivity contribution is 5.27. The van der Waals surface area contributed by atoms with Crippen LogP contribution in [0.15, 0.2) is 23.8 Å². The van der Waals surface area contributed by atoms with Crippen LogP contribution in [0.25, 0.3) is 0 Å². The first kappa shape index (κ1) is 13.5. The van der Waals surface area contributed by atoms with Crippen molar-refractivity contribution < 1.29 is 26.3 Å². The third-order valence-electron chi connectivity index (χ3n) is 1.37. The summed E-state index contributed by atoms with van der Waals surface area (Å²) >= 11 is 0. The second-order valence-electron chi connectivity index (χ2n) is 2.69. The summed E-state index contributed by atoms with van der Waals surface area (Å²) in [5.74, 6) is -3.93. The van der Waals surface area contributed by atoms with Crippen molar-refractivity contribution in [1.82, 2.24) is 0 Å². The van der Waals surface area contributed by atoms with Crippen molar-refractivity contribution in [2.45, 2.75) is 18.8 Å². The lowest BCUT2D eigenvalue weighted by Gasteiger charge is -2.19. The van der Waals surface area contributed by atoms with E-state index in [9.17, 15) is 26.3 Å². The van der Waals surface area contributed by atoms with Crippen LogP contribution in [-0.2, 0) is 0 Å². The zero-order chi connectivity index (χ0) is 12.3. The maximum absolute atomic E-state index is 12.7. The quantitative estimate of drug-likeness (QED) is 0.404. The maximum Gasteiger partial charge on any atom is 0.426 e. The Bertz CT molecular complexity index is 330. The van der Waals surface area contributed by atoms with E-state index < -0.39 is 29.6 Å². The number of halogens is 6. The number of hydrogen-bond donors (Lipinski definition) is 0. The first-order chi connectivity index (χ1) is 6.62. The van der Waals surface area contributed by atoms with Gasteiger partial charge in [-0.15, -0.1) is 0 Å². The van der Waals surface area contributed by atoms with Crippen LogP contribution >= 0.6 is 0 Å². The summed E-state index contributed by atoms with van der Waals surface area (Å²) in [5, 5.41) is 7.87. The fraction of sp³-hybridized carbons (Fsp3) is 0.375. The summed E-state index contributed by atoms with van der Waals surface area (Å²) in [6.45, 7) is 0.0340. The molecular formula is C8H5F6N. The van der Waals surface area contributed by atoms with Gasteiger partial charge in [0.05, 0.1) is 12.1 Å². The highest BCUT2D eigenvalue weighted by atomic mass is 19.4. The van der Waals surface area contributed by atoms with Crippen LogP contribution in [0.3, 0.4) is 0 Å². The van der Waals surface area contributed by atoms with Gasteiger partial charge in [0.2, 0.25) is 5.67 Å². The van der Waals surface area contributed by atoms with Crippen molar-refractivity contribution in [2.24, 2.45) is 0 Å². The number of nitrogens with zero attached hydrogens (tertiary/aromatic N) is 1. The largest absolute Gasteiger partial charge is 0.426 e. The molecule has 0 bridgehead atoms. The molecule has 0 amide bonds. The topological polar surface area (TPSA) is 23.8 Å². The lowest BCUT2D eigenvalue weighted by Crippen LogP contribution is -2.35. The Morgan fingerprint density at radius 1 is 1.13 bits per heavy atom. The lowest BCUT2D eigenvalue weighted by atomic mass is 10.1. The van der Waals surface area contributed by atoms with E-state index in [0.29, 0.717) is 0 Å². The molecule has 1 nitrogen and oxygen atoms in total. The molecule has 0 heterocycles. The molecule has 15 heavy (non-hydrogen) atoms. The van der Waals surface area contributed by atoms with Crippen molar-refractivity contribution in [3.8, 4) is 6.07 Å². The Morgan fingerprint density at radius 2 is 1.60 bits per heavy atom. The minimum atomic E-state index is -5.35. The zero-order valence-electron chi connectivity index (χ0n) is 7.37. The van der Waals surface area contributed by atoms with Gasteiger partial charge in [-0.1, -0.05) is 0 Å². The van der Waals surface area contributed by atoms with Crippen LogP contribution in [0.4, 0.5) is 26.3 Å². The molecule has 0 aliphatic rings. The van der Waals surface area contributed by atoms with E-state index in [4.69, 9.17) is 5.26 Å². The Hall–Kier alpha value is -1.45. The molecule has 0 N–H and O–H groups in total. The van der Waals surface area contributed by atoms with Gasteiger partial charge in [-0.05, 0) is 6.92 Å². The Balaban J connectivity index is 5.09. The van der Waals surface area contributed by atoms with E-state index in [2.05, 4.69) is 0 Å². The van der Waals surface area contributed by atoms with Crippen molar-refractivity contribution in [2.75, 3.05) is 0 Å². The maximum atomic E-state index is 12.7. The second-order valence-corrected chi connectivity index (χ2v) is 2.69. The highest BCUT2D eigenvalue weighted by Crippen LogP contribution is 2.36.